The minimum atomic E-state index is -0.417. The topological polar surface area (TPSA) is 24.4 Å². The standard InChI is InChI=1S/C14H13Cl2FN2/c15-9-4-5-12(17)10(6-9)14-18-7-11(13(16)19-14)8-2-1-3-8/h4-8,13H,1-3H2,(H,18,19). The van der Waals surface area contributed by atoms with Crippen molar-refractivity contribution in [2.45, 2.75) is 24.8 Å². The van der Waals surface area contributed by atoms with Crippen LogP contribution in [-0.2, 0) is 0 Å². The van der Waals surface area contributed by atoms with Crippen LogP contribution in [0.5, 0.6) is 0 Å². The normalized spacial score (nSPS) is 23.2. The SMILES string of the molecule is Fc1ccc(Cl)cc1C1=NC(Cl)C(C2CCC2)=CN1. The number of nitrogens with zero attached hydrogens (tertiary/aromatic N) is 1. The minimum Gasteiger partial charge on any atom is -0.346 e. The summed E-state index contributed by atoms with van der Waals surface area (Å²) in [6, 6.07) is 4.39. The van der Waals surface area contributed by atoms with Gasteiger partial charge in [0, 0.05) is 11.2 Å². The average Bonchev–Trinajstić information content (AvgIpc) is 2.32. The van der Waals surface area contributed by atoms with E-state index in [0.29, 0.717) is 22.3 Å². The monoisotopic (exact) mass is 298 g/mol. The van der Waals surface area contributed by atoms with Crippen LogP contribution >= 0.6 is 23.2 Å². The first-order valence-electron chi connectivity index (χ1n) is 6.29. The van der Waals surface area contributed by atoms with Crippen LogP contribution in [0.15, 0.2) is 35.0 Å². The van der Waals surface area contributed by atoms with Crippen LogP contribution in [-0.4, -0.2) is 11.3 Å². The second-order valence-corrected chi connectivity index (χ2v) is 5.70. The summed E-state index contributed by atoms with van der Waals surface area (Å²) in [5.74, 6) is 0.590. The number of aliphatic imine (C=N–C) groups is 1. The molecule has 1 aliphatic carbocycles. The molecule has 0 aromatic heterocycles. The van der Waals surface area contributed by atoms with Gasteiger partial charge in [-0.05, 0) is 42.5 Å². The van der Waals surface area contributed by atoms with Crippen LogP contribution in [0.3, 0.4) is 0 Å². The molecule has 1 unspecified atom stereocenters. The first-order valence-corrected chi connectivity index (χ1v) is 7.10. The van der Waals surface area contributed by atoms with Crippen molar-refractivity contribution in [1.29, 1.82) is 0 Å². The van der Waals surface area contributed by atoms with Gasteiger partial charge in [0.25, 0.3) is 0 Å². The van der Waals surface area contributed by atoms with Gasteiger partial charge in [0.05, 0.1) is 5.56 Å². The molecule has 0 saturated heterocycles. The molecule has 100 valence electrons. The molecule has 19 heavy (non-hydrogen) atoms. The van der Waals surface area contributed by atoms with Gasteiger partial charge in [-0.15, -0.1) is 0 Å². The summed E-state index contributed by atoms with van der Waals surface area (Å²) in [6.07, 6.45) is 5.43. The van der Waals surface area contributed by atoms with E-state index in [1.54, 1.807) is 6.07 Å². The van der Waals surface area contributed by atoms with Gasteiger partial charge in [0.1, 0.15) is 17.2 Å². The molecule has 5 heteroatoms. The zero-order chi connectivity index (χ0) is 13.4. The lowest BCUT2D eigenvalue weighted by atomic mass is 9.79. The van der Waals surface area contributed by atoms with Crippen LogP contribution in [0.25, 0.3) is 0 Å². The van der Waals surface area contributed by atoms with E-state index in [1.807, 2.05) is 6.20 Å². The molecule has 1 saturated carbocycles. The fourth-order valence-corrected chi connectivity index (χ4v) is 2.84. The summed E-state index contributed by atoms with van der Waals surface area (Å²) in [5.41, 5.74) is 1.03. The molecule has 1 atom stereocenters. The van der Waals surface area contributed by atoms with Crippen molar-refractivity contribution in [2.75, 3.05) is 0 Å². The lowest BCUT2D eigenvalue weighted by Crippen LogP contribution is -2.31. The summed E-state index contributed by atoms with van der Waals surface area (Å²) in [4.78, 5) is 4.34. The summed E-state index contributed by atoms with van der Waals surface area (Å²) in [5, 5.41) is 3.51. The maximum Gasteiger partial charge on any atom is 0.149 e. The molecule has 3 rings (SSSR count). The second-order valence-electron chi connectivity index (χ2n) is 4.85. The third-order valence-electron chi connectivity index (χ3n) is 3.65. The number of alkyl halides is 1. The second kappa shape index (κ2) is 5.14. The smallest absolute Gasteiger partial charge is 0.149 e. The molecule has 1 heterocycles. The number of nitrogens with one attached hydrogen (secondary N) is 1. The van der Waals surface area contributed by atoms with Gasteiger partial charge < -0.3 is 5.32 Å². The number of hydrogen-bond acceptors (Lipinski definition) is 2. The first kappa shape index (κ1) is 12.9. The van der Waals surface area contributed by atoms with Crippen LogP contribution < -0.4 is 5.32 Å². The maximum atomic E-state index is 13.8. The van der Waals surface area contributed by atoms with Crippen molar-refractivity contribution in [2.24, 2.45) is 10.9 Å². The van der Waals surface area contributed by atoms with Crippen LogP contribution in [0.4, 0.5) is 4.39 Å². The molecule has 1 aliphatic heterocycles. The third kappa shape index (κ3) is 2.49. The highest BCUT2D eigenvalue weighted by molar-refractivity contribution is 6.31. The van der Waals surface area contributed by atoms with Crippen molar-refractivity contribution in [3.05, 3.63) is 46.4 Å². The molecule has 1 fully saturated rings. The Hall–Kier alpha value is -1.06. The number of hydrogen-bond donors (Lipinski definition) is 1. The predicted octanol–water partition coefficient (Wildman–Crippen LogP) is 4.08. The summed E-state index contributed by atoms with van der Waals surface area (Å²) in [6.45, 7) is 0. The average molecular weight is 299 g/mol. The number of amidine groups is 1. The zero-order valence-electron chi connectivity index (χ0n) is 10.2. The zero-order valence-corrected chi connectivity index (χ0v) is 11.7. The Kier molecular flexibility index (Phi) is 3.50. The molecule has 2 nitrogen and oxygen atoms in total. The van der Waals surface area contributed by atoms with Crippen molar-refractivity contribution < 1.29 is 4.39 Å². The Morgan fingerprint density at radius 2 is 2.11 bits per heavy atom. The van der Waals surface area contributed by atoms with Crippen LogP contribution in [0.1, 0.15) is 24.8 Å². The molecule has 0 radical (unpaired) electrons. The van der Waals surface area contributed by atoms with Gasteiger partial charge in [-0.3, -0.25) is 0 Å². The van der Waals surface area contributed by atoms with E-state index in [1.165, 1.54) is 18.6 Å². The minimum absolute atomic E-state index is 0.349. The molecular formula is C14H13Cl2FN2. The number of benzene rings is 1. The fraction of sp³-hybridized carbons (Fsp3) is 0.357. The van der Waals surface area contributed by atoms with E-state index in [9.17, 15) is 4.39 Å². The molecule has 2 aliphatic rings. The molecule has 0 spiro atoms. The third-order valence-corrected chi connectivity index (χ3v) is 4.24. The van der Waals surface area contributed by atoms with Gasteiger partial charge >= 0.3 is 0 Å². The van der Waals surface area contributed by atoms with Gasteiger partial charge in [-0.2, -0.15) is 0 Å². The van der Waals surface area contributed by atoms with Crippen molar-refractivity contribution in [1.82, 2.24) is 5.32 Å². The predicted molar refractivity (Wildman–Crippen MR) is 76.1 cm³/mol. The Balaban J connectivity index is 1.86. The van der Waals surface area contributed by atoms with Gasteiger partial charge in [0.15, 0.2) is 0 Å². The van der Waals surface area contributed by atoms with E-state index in [2.05, 4.69) is 10.3 Å². The Morgan fingerprint density at radius 3 is 2.74 bits per heavy atom. The molecule has 0 bridgehead atoms. The van der Waals surface area contributed by atoms with Crippen molar-refractivity contribution >= 4 is 29.0 Å². The van der Waals surface area contributed by atoms with Gasteiger partial charge in [-0.1, -0.05) is 29.6 Å². The summed E-state index contributed by atoms with van der Waals surface area (Å²) >= 11 is 12.2. The highest BCUT2D eigenvalue weighted by atomic mass is 35.5. The molecular weight excluding hydrogens is 286 g/mol. The van der Waals surface area contributed by atoms with Crippen LogP contribution in [0.2, 0.25) is 5.02 Å². The Labute approximate surface area is 121 Å². The maximum absolute atomic E-state index is 13.8. The van der Waals surface area contributed by atoms with E-state index >= 15 is 0 Å². The molecule has 1 aromatic rings. The van der Waals surface area contributed by atoms with Crippen LogP contribution in [0, 0.1) is 11.7 Å². The molecule has 1 N–H and O–H groups in total. The lowest BCUT2D eigenvalue weighted by Gasteiger charge is -2.31. The number of rotatable bonds is 2. The van der Waals surface area contributed by atoms with Gasteiger partial charge in [0.2, 0.25) is 0 Å². The van der Waals surface area contributed by atoms with E-state index < -0.39 is 5.50 Å². The molecule has 0 amide bonds. The van der Waals surface area contributed by atoms with E-state index in [-0.39, 0.29) is 5.82 Å². The quantitative estimate of drug-likeness (QED) is 0.646. The van der Waals surface area contributed by atoms with E-state index in [4.69, 9.17) is 23.2 Å². The van der Waals surface area contributed by atoms with E-state index in [0.717, 1.165) is 18.4 Å². The largest absolute Gasteiger partial charge is 0.346 e. The lowest BCUT2D eigenvalue weighted by molar-refractivity contribution is 0.359. The Bertz CT molecular complexity index is 565. The number of halogens is 3. The fourth-order valence-electron chi connectivity index (χ4n) is 2.33. The highest BCUT2D eigenvalue weighted by Crippen LogP contribution is 2.37. The Morgan fingerprint density at radius 1 is 1.32 bits per heavy atom. The highest BCUT2D eigenvalue weighted by Gasteiger charge is 2.29. The summed E-state index contributed by atoms with van der Waals surface area (Å²) < 4.78 is 13.8. The molecule has 1 aromatic carbocycles. The first-order chi connectivity index (χ1) is 9.15. The van der Waals surface area contributed by atoms with Gasteiger partial charge in [-0.25, -0.2) is 9.38 Å². The summed E-state index contributed by atoms with van der Waals surface area (Å²) in [7, 11) is 0. The van der Waals surface area contributed by atoms with Crippen molar-refractivity contribution in [3.8, 4) is 0 Å². The van der Waals surface area contributed by atoms with Crippen molar-refractivity contribution in [3.63, 3.8) is 0 Å².